The van der Waals surface area contributed by atoms with Crippen molar-refractivity contribution in [3.63, 3.8) is 0 Å². The number of phosphoric acid groups is 1. The number of ether oxygens (including phenoxy) is 1. The van der Waals surface area contributed by atoms with Gasteiger partial charge in [-0.25, -0.2) is 22.1 Å². The number of phosphoric ester groups is 1. The summed E-state index contributed by atoms with van der Waals surface area (Å²) < 4.78 is 54.3. The number of hydrogen-bond donors (Lipinski definition) is 3. The monoisotopic (exact) mass is 511 g/mol. The van der Waals surface area contributed by atoms with Crippen LogP contribution in [0.2, 0.25) is 0 Å². The fourth-order valence-electron chi connectivity index (χ4n) is 3.47. The zero-order valence-electron chi connectivity index (χ0n) is 18.0. The minimum Gasteiger partial charge on any atom is -0.379 e. The van der Waals surface area contributed by atoms with E-state index in [1.54, 1.807) is 42.5 Å². The molecule has 182 valence electrons. The molecule has 1 aliphatic rings. The van der Waals surface area contributed by atoms with E-state index in [1.165, 1.54) is 15.1 Å². The van der Waals surface area contributed by atoms with E-state index in [2.05, 4.69) is 9.68 Å². The Morgan fingerprint density at radius 1 is 1.18 bits per heavy atom. The predicted octanol–water partition coefficient (Wildman–Crippen LogP) is 0.890. The highest BCUT2D eigenvalue weighted by Crippen LogP contribution is 2.35. The van der Waals surface area contributed by atoms with E-state index in [9.17, 15) is 13.0 Å². The quantitative estimate of drug-likeness (QED) is 0.292. The molecule has 4 N–H and O–H groups in total. The van der Waals surface area contributed by atoms with Crippen molar-refractivity contribution in [2.24, 2.45) is 0 Å². The second-order valence-electron chi connectivity index (χ2n) is 7.55. The number of hydrogen-bond acceptors (Lipinski definition) is 8. The topological polar surface area (TPSA) is 169 Å². The van der Waals surface area contributed by atoms with Crippen LogP contribution in [0.4, 0.5) is 5.82 Å². The van der Waals surface area contributed by atoms with Gasteiger partial charge in [0.05, 0.1) is 30.0 Å². The lowest BCUT2D eigenvalue weighted by molar-refractivity contribution is -0.711. The summed E-state index contributed by atoms with van der Waals surface area (Å²) >= 11 is 0. The van der Waals surface area contributed by atoms with Crippen LogP contribution in [0.1, 0.15) is 11.3 Å². The van der Waals surface area contributed by atoms with Gasteiger partial charge in [-0.05, 0) is 29.8 Å². The second kappa shape index (κ2) is 9.92. The van der Waals surface area contributed by atoms with E-state index in [0.717, 1.165) is 5.56 Å². The number of morpholine rings is 1. The summed E-state index contributed by atoms with van der Waals surface area (Å²) in [6.45, 7) is 0.993. The first-order chi connectivity index (χ1) is 16.1. The number of rotatable bonds is 8. The fourth-order valence-corrected chi connectivity index (χ4v) is 5.15. The van der Waals surface area contributed by atoms with E-state index in [4.69, 9.17) is 24.8 Å². The summed E-state index contributed by atoms with van der Waals surface area (Å²) in [5, 5.41) is 4.05. The zero-order valence-corrected chi connectivity index (χ0v) is 19.7. The molecule has 3 aromatic rings. The molecule has 0 radical (unpaired) electrons. The highest BCUT2D eigenvalue weighted by Gasteiger charge is 2.26. The number of pyridine rings is 1. The van der Waals surface area contributed by atoms with Gasteiger partial charge < -0.3 is 19.0 Å². The molecule has 34 heavy (non-hydrogen) atoms. The van der Waals surface area contributed by atoms with Crippen molar-refractivity contribution in [3.05, 3.63) is 59.9 Å². The molecule has 1 saturated heterocycles. The number of anilines is 1. The van der Waals surface area contributed by atoms with Crippen molar-refractivity contribution >= 4 is 23.7 Å². The first-order valence-electron chi connectivity index (χ1n) is 10.2. The number of benzene rings is 1. The van der Waals surface area contributed by atoms with E-state index >= 15 is 0 Å². The largest absolute Gasteiger partial charge is 0.472 e. The van der Waals surface area contributed by atoms with E-state index in [1.807, 2.05) is 0 Å². The number of aromatic nitrogens is 2. The minimum absolute atomic E-state index is 0.177. The molecule has 1 aliphatic heterocycles. The lowest BCUT2D eigenvalue weighted by atomic mass is 10.1. The van der Waals surface area contributed by atoms with Gasteiger partial charge in [0.2, 0.25) is 16.8 Å². The Morgan fingerprint density at radius 2 is 1.88 bits per heavy atom. The minimum atomic E-state index is -4.65. The van der Waals surface area contributed by atoms with Crippen LogP contribution in [0.25, 0.3) is 11.3 Å². The Hall–Kier alpha value is -2.64. The Bertz CT molecular complexity index is 1300. The van der Waals surface area contributed by atoms with Gasteiger partial charge in [0.25, 0.3) is 5.82 Å². The van der Waals surface area contributed by atoms with Crippen LogP contribution in [0.3, 0.4) is 0 Å². The smallest absolute Gasteiger partial charge is 0.379 e. The van der Waals surface area contributed by atoms with Crippen LogP contribution in [0, 0.1) is 0 Å². The third-order valence-electron chi connectivity index (χ3n) is 5.22. The maximum Gasteiger partial charge on any atom is 0.472 e. The Kier molecular flexibility index (Phi) is 7.14. The average molecular weight is 511 g/mol. The first kappa shape index (κ1) is 24.5. The summed E-state index contributed by atoms with van der Waals surface area (Å²) in [7, 11) is -8.22. The van der Waals surface area contributed by atoms with Gasteiger partial charge in [-0.15, -0.1) is 0 Å². The SMILES string of the molecule is Nc1c(-c2cc(Cc3ccc(S(=O)(=O)N4CCOCC4)cc3)no2)ccc[n+]1COP(=O)(O)O. The van der Waals surface area contributed by atoms with Gasteiger partial charge in [-0.2, -0.15) is 4.31 Å². The van der Waals surface area contributed by atoms with Crippen LogP contribution in [-0.4, -0.2) is 54.0 Å². The van der Waals surface area contributed by atoms with Gasteiger partial charge in [-0.1, -0.05) is 17.3 Å². The van der Waals surface area contributed by atoms with Crippen molar-refractivity contribution in [2.45, 2.75) is 18.0 Å². The van der Waals surface area contributed by atoms with E-state index in [-0.39, 0.29) is 10.7 Å². The highest BCUT2D eigenvalue weighted by atomic mass is 32.2. The van der Waals surface area contributed by atoms with Crippen LogP contribution in [0.5, 0.6) is 0 Å². The molecular formula is C20H24N4O8PS+. The molecule has 0 saturated carbocycles. The molecule has 12 nitrogen and oxygen atoms in total. The molecule has 0 unspecified atom stereocenters. The Labute approximate surface area is 195 Å². The van der Waals surface area contributed by atoms with Crippen molar-refractivity contribution in [1.82, 2.24) is 9.46 Å². The molecule has 0 aliphatic carbocycles. The number of nitrogens with two attached hydrogens (primary N) is 1. The van der Waals surface area contributed by atoms with Gasteiger partial charge in [-0.3, -0.25) is 5.73 Å². The lowest BCUT2D eigenvalue weighted by Gasteiger charge is -2.26. The summed E-state index contributed by atoms with van der Waals surface area (Å²) in [6, 6.07) is 11.6. The van der Waals surface area contributed by atoms with E-state index in [0.29, 0.717) is 49.7 Å². The first-order valence-corrected chi connectivity index (χ1v) is 13.2. The van der Waals surface area contributed by atoms with Crippen molar-refractivity contribution in [2.75, 3.05) is 32.0 Å². The molecule has 0 atom stereocenters. The number of nitrogens with zero attached hydrogens (tertiary/aromatic N) is 3. The van der Waals surface area contributed by atoms with Gasteiger partial charge in [0, 0.05) is 25.6 Å². The fraction of sp³-hybridized carbons (Fsp3) is 0.300. The lowest BCUT2D eigenvalue weighted by Crippen LogP contribution is -2.40. The number of nitrogen functional groups attached to an aromatic ring is 1. The summed E-state index contributed by atoms with van der Waals surface area (Å²) in [5.74, 6) is 0.542. The van der Waals surface area contributed by atoms with E-state index < -0.39 is 24.6 Å². The van der Waals surface area contributed by atoms with Gasteiger partial charge in [0.1, 0.15) is 5.56 Å². The van der Waals surface area contributed by atoms with Gasteiger partial charge >= 0.3 is 7.82 Å². The molecule has 0 spiro atoms. The third kappa shape index (κ3) is 5.70. The molecule has 0 bridgehead atoms. The third-order valence-corrected chi connectivity index (χ3v) is 7.58. The summed E-state index contributed by atoms with van der Waals surface area (Å²) in [4.78, 5) is 18.0. The molecule has 2 aromatic heterocycles. The average Bonchev–Trinajstić information content (AvgIpc) is 3.27. The molecule has 1 fully saturated rings. The van der Waals surface area contributed by atoms with Crippen LogP contribution >= 0.6 is 7.82 Å². The Balaban J connectivity index is 1.47. The molecule has 4 rings (SSSR count). The maximum atomic E-state index is 12.8. The summed E-state index contributed by atoms with van der Waals surface area (Å²) in [6.07, 6.45) is 1.91. The molecule has 3 heterocycles. The van der Waals surface area contributed by atoms with Crippen LogP contribution in [0.15, 0.2) is 58.1 Å². The van der Waals surface area contributed by atoms with Crippen LogP contribution in [-0.2, 0) is 37.0 Å². The molecule has 0 amide bonds. The van der Waals surface area contributed by atoms with Crippen molar-refractivity contribution < 1.29 is 41.1 Å². The Morgan fingerprint density at radius 3 is 2.56 bits per heavy atom. The molecular weight excluding hydrogens is 487 g/mol. The standard InChI is InChI=1S/C20H23N4O8PS/c21-20-18(2-1-7-23(20)14-31-33(25,26)27)19-13-16(22-32-19)12-15-3-5-17(6-4-15)34(28,29)24-8-10-30-11-9-24/h1-7,13,21H,8-12,14H2,(H2,25,26,27)/p+1. The van der Waals surface area contributed by atoms with Crippen molar-refractivity contribution in [3.8, 4) is 11.3 Å². The predicted molar refractivity (Wildman–Crippen MR) is 119 cm³/mol. The second-order valence-corrected chi connectivity index (χ2v) is 10.7. The van der Waals surface area contributed by atoms with Gasteiger partial charge in [0.15, 0.2) is 5.76 Å². The number of sulfonamides is 1. The zero-order chi connectivity index (χ0) is 24.3. The maximum absolute atomic E-state index is 12.8. The molecule has 14 heteroatoms. The van der Waals surface area contributed by atoms with Crippen LogP contribution < -0.4 is 10.3 Å². The molecule has 1 aromatic carbocycles. The summed E-state index contributed by atoms with van der Waals surface area (Å²) in [5.41, 5.74) is 8.01. The normalized spacial score (nSPS) is 15.5. The van der Waals surface area contributed by atoms with Crippen molar-refractivity contribution in [1.29, 1.82) is 0 Å². The highest BCUT2D eigenvalue weighted by molar-refractivity contribution is 7.89.